The fourth-order valence-electron chi connectivity index (χ4n) is 6.83. The third-order valence-corrected chi connectivity index (χ3v) is 10.8. The van der Waals surface area contributed by atoms with Crippen LogP contribution < -0.4 is 16.4 Å². The van der Waals surface area contributed by atoms with Gasteiger partial charge in [0.05, 0.1) is 22.2 Å². The number of primary amides is 1. The Morgan fingerprint density at radius 3 is 2.30 bits per heavy atom. The number of nitrogens with two attached hydrogens (primary N) is 1. The van der Waals surface area contributed by atoms with Crippen LogP contribution in [0.1, 0.15) is 88.6 Å². The van der Waals surface area contributed by atoms with Crippen LogP contribution in [0.3, 0.4) is 0 Å². The van der Waals surface area contributed by atoms with Gasteiger partial charge in [0.2, 0.25) is 23.6 Å². The maximum absolute atomic E-state index is 14.0. The summed E-state index contributed by atoms with van der Waals surface area (Å²) in [6.45, 7) is 11.8. The number of thiazole rings is 1. The second kappa shape index (κ2) is 19.3. The Kier molecular flexibility index (Phi) is 15.1. The Balaban J connectivity index is 1.23. The maximum atomic E-state index is 14.0. The van der Waals surface area contributed by atoms with Crippen molar-refractivity contribution in [3.8, 4) is 10.4 Å². The zero-order valence-corrected chi connectivity index (χ0v) is 33.0. The molecule has 1 fully saturated rings. The van der Waals surface area contributed by atoms with E-state index in [0.717, 1.165) is 54.0 Å². The molecule has 0 unspecified atom stereocenters. The molecule has 0 spiro atoms. The Morgan fingerprint density at radius 1 is 1.02 bits per heavy atom. The predicted octanol–water partition coefficient (Wildman–Crippen LogP) is 4.97. The predicted molar refractivity (Wildman–Crippen MR) is 210 cm³/mol. The van der Waals surface area contributed by atoms with Gasteiger partial charge in [-0.15, -0.1) is 11.3 Å². The summed E-state index contributed by atoms with van der Waals surface area (Å²) in [7, 11) is 2.08. The van der Waals surface area contributed by atoms with Crippen LogP contribution in [-0.2, 0) is 38.7 Å². The number of hydrogen-bond acceptors (Lipinski definition) is 8. The topological polar surface area (TPSA) is 158 Å². The Labute approximate surface area is 318 Å². The monoisotopic (exact) mass is 746 g/mol. The molecule has 0 bridgehead atoms. The molecule has 2 aromatic carbocycles. The lowest BCUT2D eigenvalue weighted by Crippen LogP contribution is -2.57. The fraction of sp³-hybridized carbons (Fsp3) is 0.537. The van der Waals surface area contributed by atoms with E-state index in [9.17, 15) is 24.3 Å². The molecule has 1 aliphatic heterocycles. The molecule has 0 radical (unpaired) electrons. The van der Waals surface area contributed by atoms with Gasteiger partial charge >= 0.3 is 0 Å². The van der Waals surface area contributed by atoms with Crippen LogP contribution >= 0.6 is 11.3 Å². The summed E-state index contributed by atoms with van der Waals surface area (Å²) in [5.41, 5.74) is 11.9. The van der Waals surface area contributed by atoms with Crippen molar-refractivity contribution in [3.05, 3.63) is 76.4 Å². The number of aliphatic hydroxyl groups is 1. The van der Waals surface area contributed by atoms with E-state index in [1.165, 1.54) is 16.0 Å². The van der Waals surface area contributed by atoms with Gasteiger partial charge in [0, 0.05) is 45.4 Å². The van der Waals surface area contributed by atoms with Gasteiger partial charge in [0.15, 0.2) is 0 Å². The van der Waals surface area contributed by atoms with Gasteiger partial charge in [0.1, 0.15) is 12.1 Å². The normalized spacial score (nSPS) is 17.1. The van der Waals surface area contributed by atoms with Crippen LogP contribution in [0.25, 0.3) is 10.4 Å². The molecule has 2 heterocycles. The second-order valence-electron chi connectivity index (χ2n) is 15.8. The molecule has 0 saturated carbocycles. The summed E-state index contributed by atoms with van der Waals surface area (Å²) < 4.78 is 0. The molecule has 4 rings (SSSR count). The SMILES string of the molecule is Cc1ncsc1-c1ccc(CNC(=O)[C@@H]2C[C@@H](O)CN2C(=O)[C@@H](NC(=O)CCCCc2ccc(CN(C)C[C@@H](C)CCC(N)=O)cc2)C(C)(C)C)cc1. The zero-order valence-electron chi connectivity index (χ0n) is 32.2. The number of amides is 4. The van der Waals surface area contributed by atoms with E-state index in [-0.39, 0.29) is 49.6 Å². The molecule has 4 amide bonds. The number of rotatable bonds is 18. The number of benzene rings is 2. The summed E-state index contributed by atoms with van der Waals surface area (Å²) in [5.74, 6) is -0.773. The Morgan fingerprint density at radius 2 is 1.68 bits per heavy atom. The largest absolute Gasteiger partial charge is 0.391 e. The van der Waals surface area contributed by atoms with Crippen molar-refractivity contribution < 1.29 is 24.3 Å². The van der Waals surface area contributed by atoms with E-state index in [1.807, 2.05) is 57.5 Å². The molecule has 12 heteroatoms. The molecule has 3 aromatic rings. The standard InChI is InChI=1S/C41H58N6O5S/c1-27(11-20-35(42)49)23-46(6)24-31-14-12-29(13-15-31)9-7-8-10-36(50)45-38(41(3,4)5)40(52)47-25-33(48)21-34(47)39(51)43-22-30-16-18-32(19-17-30)37-28(2)44-26-53-37/h12-19,26-27,33-34,38,48H,7-11,20-25H2,1-6H3,(H2,42,49)(H,43,51)(H,45,50)/t27-,33+,34-,38+/m0/s1. The highest BCUT2D eigenvalue weighted by Crippen LogP contribution is 2.28. The number of unbranched alkanes of at least 4 members (excludes halogenated alkanes) is 1. The molecule has 5 N–H and O–H groups in total. The van der Waals surface area contributed by atoms with E-state index in [0.29, 0.717) is 18.8 Å². The van der Waals surface area contributed by atoms with Crippen LogP contribution in [0.15, 0.2) is 54.0 Å². The third kappa shape index (κ3) is 12.8. The first kappa shape index (κ1) is 41.6. The summed E-state index contributed by atoms with van der Waals surface area (Å²) in [5, 5.41) is 16.4. The number of likely N-dealkylation sites (tertiary alicyclic amines) is 1. The van der Waals surface area contributed by atoms with Crippen molar-refractivity contribution in [2.45, 2.75) is 111 Å². The first-order chi connectivity index (χ1) is 25.1. The Hall–Kier alpha value is -4.13. The molecule has 288 valence electrons. The van der Waals surface area contributed by atoms with Gasteiger partial charge in [-0.1, -0.05) is 76.2 Å². The van der Waals surface area contributed by atoms with Crippen LogP contribution in [0, 0.1) is 18.3 Å². The molecule has 4 atom stereocenters. The quantitative estimate of drug-likeness (QED) is 0.134. The zero-order chi connectivity index (χ0) is 38.7. The number of hydrogen-bond donors (Lipinski definition) is 4. The fourth-order valence-corrected chi connectivity index (χ4v) is 7.64. The summed E-state index contributed by atoms with van der Waals surface area (Å²) in [6, 6.07) is 14.8. The van der Waals surface area contributed by atoms with E-state index in [1.54, 1.807) is 11.3 Å². The second-order valence-corrected chi connectivity index (χ2v) is 16.6. The lowest BCUT2D eigenvalue weighted by atomic mass is 9.85. The highest BCUT2D eigenvalue weighted by molar-refractivity contribution is 7.13. The molecule has 53 heavy (non-hydrogen) atoms. The van der Waals surface area contributed by atoms with Gasteiger partial charge in [-0.2, -0.15) is 0 Å². The van der Waals surface area contributed by atoms with Crippen molar-refractivity contribution in [2.75, 3.05) is 20.1 Å². The van der Waals surface area contributed by atoms with Crippen LogP contribution in [0.5, 0.6) is 0 Å². The van der Waals surface area contributed by atoms with Crippen LogP contribution in [0.4, 0.5) is 0 Å². The van der Waals surface area contributed by atoms with E-state index >= 15 is 0 Å². The molecule has 11 nitrogen and oxygen atoms in total. The van der Waals surface area contributed by atoms with Crippen molar-refractivity contribution in [3.63, 3.8) is 0 Å². The highest BCUT2D eigenvalue weighted by atomic mass is 32.1. The number of β-amino-alcohol motifs (C(OH)–C–C–N with tert-alkyl or cyclic N) is 1. The molecular weight excluding hydrogens is 689 g/mol. The average molecular weight is 747 g/mol. The van der Waals surface area contributed by atoms with Gasteiger partial charge in [-0.3, -0.25) is 19.2 Å². The van der Waals surface area contributed by atoms with Crippen molar-refractivity contribution in [2.24, 2.45) is 17.1 Å². The Bertz CT molecular complexity index is 1670. The lowest BCUT2D eigenvalue weighted by Gasteiger charge is -2.35. The van der Waals surface area contributed by atoms with Gasteiger partial charge in [-0.25, -0.2) is 4.98 Å². The molecule has 1 saturated heterocycles. The highest BCUT2D eigenvalue weighted by Gasteiger charge is 2.44. The third-order valence-electron chi connectivity index (χ3n) is 9.81. The first-order valence-electron chi connectivity index (χ1n) is 18.7. The minimum Gasteiger partial charge on any atom is -0.391 e. The number of aliphatic hydroxyl groups excluding tert-OH is 1. The summed E-state index contributed by atoms with van der Waals surface area (Å²) in [4.78, 5) is 60.6. The molecular formula is C41H58N6O5S. The molecule has 0 aliphatic carbocycles. The smallest absolute Gasteiger partial charge is 0.246 e. The molecule has 1 aliphatic rings. The minimum atomic E-state index is -0.852. The van der Waals surface area contributed by atoms with E-state index in [2.05, 4.69) is 58.8 Å². The van der Waals surface area contributed by atoms with Gasteiger partial charge < -0.3 is 31.3 Å². The number of aryl methyl sites for hydroxylation is 2. The first-order valence-corrected chi connectivity index (χ1v) is 19.6. The van der Waals surface area contributed by atoms with Gasteiger partial charge in [0.25, 0.3) is 0 Å². The van der Waals surface area contributed by atoms with Crippen molar-refractivity contribution in [1.29, 1.82) is 0 Å². The average Bonchev–Trinajstić information content (AvgIpc) is 3.72. The van der Waals surface area contributed by atoms with Crippen LogP contribution in [-0.4, -0.2) is 81.8 Å². The van der Waals surface area contributed by atoms with Crippen molar-refractivity contribution >= 4 is 35.0 Å². The number of carbonyl (C=O) groups is 4. The van der Waals surface area contributed by atoms with Crippen molar-refractivity contribution in [1.82, 2.24) is 25.4 Å². The summed E-state index contributed by atoms with van der Waals surface area (Å²) in [6.07, 6.45) is 3.13. The number of nitrogens with one attached hydrogen (secondary N) is 2. The summed E-state index contributed by atoms with van der Waals surface area (Å²) >= 11 is 1.58. The number of aromatic nitrogens is 1. The minimum absolute atomic E-state index is 0.0351. The lowest BCUT2D eigenvalue weighted by molar-refractivity contribution is -0.144. The van der Waals surface area contributed by atoms with E-state index in [4.69, 9.17) is 5.73 Å². The number of carbonyl (C=O) groups excluding carboxylic acids is 4. The molecule has 1 aromatic heterocycles. The van der Waals surface area contributed by atoms with Crippen LogP contribution in [0.2, 0.25) is 0 Å². The maximum Gasteiger partial charge on any atom is 0.246 e. The number of nitrogens with zero attached hydrogens (tertiary/aromatic N) is 3. The van der Waals surface area contributed by atoms with Gasteiger partial charge in [-0.05, 0) is 73.2 Å². The van der Waals surface area contributed by atoms with E-state index < -0.39 is 23.6 Å².